The third-order valence-electron chi connectivity index (χ3n) is 2.27. The van der Waals surface area contributed by atoms with Gasteiger partial charge in [-0.1, -0.05) is 0 Å². The fraction of sp³-hybridized carbons (Fsp3) is 0.875. The van der Waals surface area contributed by atoms with E-state index in [1.54, 1.807) is 0 Å². The molecule has 5 heteroatoms. The second-order valence-electron chi connectivity index (χ2n) is 3.33. The number of nitrogens with zero attached hydrogens (tertiary/aromatic N) is 1. The van der Waals surface area contributed by atoms with E-state index < -0.39 is 6.04 Å². The van der Waals surface area contributed by atoms with Crippen LogP contribution >= 0.6 is 0 Å². The maximum absolute atomic E-state index is 10.6. The lowest BCUT2D eigenvalue weighted by Crippen LogP contribution is -2.30. The van der Waals surface area contributed by atoms with Crippen molar-refractivity contribution in [1.82, 2.24) is 0 Å². The largest absolute Gasteiger partial charge is 0.463 e. The fourth-order valence-electron chi connectivity index (χ4n) is 1.61. The zero-order valence-corrected chi connectivity index (χ0v) is 7.56. The van der Waals surface area contributed by atoms with E-state index in [0.717, 1.165) is 0 Å². The molecule has 13 heavy (non-hydrogen) atoms. The molecule has 0 atom stereocenters. The van der Waals surface area contributed by atoms with Gasteiger partial charge in [-0.3, -0.25) is 14.9 Å². The summed E-state index contributed by atoms with van der Waals surface area (Å²) in [6.07, 6.45) is 2.17. The van der Waals surface area contributed by atoms with Crippen LogP contribution in [0.25, 0.3) is 0 Å². The van der Waals surface area contributed by atoms with Gasteiger partial charge in [-0.25, -0.2) is 0 Å². The van der Waals surface area contributed by atoms with Crippen LogP contribution in [0.1, 0.15) is 32.6 Å². The van der Waals surface area contributed by atoms with Crippen molar-refractivity contribution < 1.29 is 14.5 Å². The van der Waals surface area contributed by atoms with Crippen LogP contribution in [-0.4, -0.2) is 23.0 Å². The summed E-state index contributed by atoms with van der Waals surface area (Å²) >= 11 is 0. The molecule has 74 valence electrons. The molecule has 0 aromatic rings. The number of carbonyl (C=O) groups is 1. The van der Waals surface area contributed by atoms with E-state index in [0.29, 0.717) is 25.7 Å². The average molecular weight is 187 g/mol. The van der Waals surface area contributed by atoms with Crippen molar-refractivity contribution in [3.05, 3.63) is 10.1 Å². The monoisotopic (exact) mass is 187 g/mol. The first-order chi connectivity index (χ1) is 6.09. The minimum Gasteiger partial charge on any atom is -0.463 e. The highest BCUT2D eigenvalue weighted by atomic mass is 16.6. The molecule has 0 saturated heterocycles. The topological polar surface area (TPSA) is 69.4 Å². The van der Waals surface area contributed by atoms with Gasteiger partial charge < -0.3 is 4.74 Å². The van der Waals surface area contributed by atoms with E-state index >= 15 is 0 Å². The number of hydrogen-bond acceptors (Lipinski definition) is 4. The SMILES string of the molecule is CC(=O)OC1CCC([N+](=O)[O-])CC1. The Morgan fingerprint density at radius 1 is 1.38 bits per heavy atom. The number of esters is 1. The minimum atomic E-state index is -0.438. The Balaban J connectivity index is 2.30. The molecular weight excluding hydrogens is 174 g/mol. The molecule has 0 N–H and O–H groups in total. The van der Waals surface area contributed by atoms with Gasteiger partial charge >= 0.3 is 5.97 Å². The van der Waals surface area contributed by atoms with E-state index in [-0.39, 0.29) is 17.0 Å². The van der Waals surface area contributed by atoms with Gasteiger partial charge in [-0.15, -0.1) is 0 Å². The summed E-state index contributed by atoms with van der Waals surface area (Å²) < 4.78 is 4.96. The van der Waals surface area contributed by atoms with Crippen molar-refractivity contribution in [2.75, 3.05) is 0 Å². The molecule has 0 aromatic carbocycles. The van der Waals surface area contributed by atoms with Gasteiger partial charge in [0.1, 0.15) is 6.10 Å². The summed E-state index contributed by atoms with van der Waals surface area (Å²) in [5.41, 5.74) is 0. The first-order valence-corrected chi connectivity index (χ1v) is 4.40. The number of nitro groups is 1. The summed E-state index contributed by atoms with van der Waals surface area (Å²) in [5, 5.41) is 10.4. The van der Waals surface area contributed by atoms with Crippen LogP contribution in [0.5, 0.6) is 0 Å². The molecule has 1 saturated carbocycles. The van der Waals surface area contributed by atoms with Crippen molar-refractivity contribution in [1.29, 1.82) is 0 Å². The molecule has 0 amide bonds. The Morgan fingerprint density at radius 2 is 1.92 bits per heavy atom. The van der Waals surface area contributed by atoms with Crippen LogP contribution in [0.2, 0.25) is 0 Å². The second-order valence-corrected chi connectivity index (χ2v) is 3.33. The molecule has 0 unspecified atom stereocenters. The molecule has 0 aliphatic heterocycles. The van der Waals surface area contributed by atoms with Gasteiger partial charge in [-0.2, -0.15) is 0 Å². The van der Waals surface area contributed by atoms with Crippen molar-refractivity contribution in [3.63, 3.8) is 0 Å². The van der Waals surface area contributed by atoms with Gasteiger partial charge in [-0.05, 0) is 12.8 Å². The Labute approximate surface area is 76.2 Å². The average Bonchev–Trinajstić information content (AvgIpc) is 2.04. The van der Waals surface area contributed by atoms with Crippen molar-refractivity contribution in [3.8, 4) is 0 Å². The molecule has 1 fully saturated rings. The number of ether oxygens (including phenoxy) is 1. The van der Waals surface area contributed by atoms with E-state index in [1.807, 2.05) is 0 Å². The third-order valence-corrected chi connectivity index (χ3v) is 2.27. The fourth-order valence-corrected chi connectivity index (χ4v) is 1.61. The predicted octanol–water partition coefficient (Wildman–Crippen LogP) is 1.14. The molecule has 1 rings (SSSR count). The zero-order valence-electron chi connectivity index (χ0n) is 7.56. The first-order valence-electron chi connectivity index (χ1n) is 4.40. The minimum absolute atomic E-state index is 0.103. The molecule has 1 aliphatic carbocycles. The molecular formula is C8H13NO4. The van der Waals surface area contributed by atoms with Gasteiger partial charge in [0, 0.05) is 24.7 Å². The highest BCUT2D eigenvalue weighted by Crippen LogP contribution is 2.22. The molecule has 0 radical (unpaired) electrons. The van der Waals surface area contributed by atoms with Gasteiger partial charge in [0.05, 0.1) is 0 Å². The first kappa shape index (κ1) is 9.95. The maximum Gasteiger partial charge on any atom is 0.302 e. The van der Waals surface area contributed by atoms with Crippen LogP contribution < -0.4 is 0 Å². The van der Waals surface area contributed by atoms with Gasteiger partial charge in [0.15, 0.2) is 0 Å². The highest BCUT2D eigenvalue weighted by molar-refractivity contribution is 5.66. The lowest BCUT2D eigenvalue weighted by molar-refractivity contribution is -0.527. The third kappa shape index (κ3) is 3.01. The molecule has 5 nitrogen and oxygen atoms in total. The van der Waals surface area contributed by atoms with Crippen molar-refractivity contribution >= 4 is 5.97 Å². The molecule has 0 heterocycles. The number of hydrogen-bond donors (Lipinski definition) is 0. The Bertz CT molecular complexity index is 208. The van der Waals surface area contributed by atoms with E-state index in [9.17, 15) is 14.9 Å². The normalized spacial score (nSPS) is 28.1. The standard InChI is InChI=1S/C8H13NO4/c1-6(10)13-8-4-2-7(3-5-8)9(11)12/h7-8H,2-5H2,1H3. The lowest BCUT2D eigenvalue weighted by Gasteiger charge is -2.23. The van der Waals surface area contributed by atoms with E-state index in [2.05, 4.69) is 0 Å². The van der Waals surface area contributed by atoms with Gasteiger partial charge in [0.25, 0.3) is 0 Å². The van der Waals surface area contributed by atoms with Crippen LogP contribution in [0.4, 0.5) is 0 Å². The highest BCUT2D eigenvalue weighted by Gasteiger charge is 2.29. The van der Waals surface area contributed by atoms with Crippen LogP contribution in [0.15, 0.2) is 0 Å². The predicted molar refractivity (Wildman–Crippen MR) is 44.8 cm³/mol. The lowest BCUT2D eigenvalue weighted by atomic mass is 9.93. The Morgan fingerprint density at radius 3 is 2.31 bits per heavy atom. The second kappa shape index (κ2) is 4.20. The van der Waals surface area contributed by atoms with Gasteiger partial charge in [0.2, 0.25) is 6.04 Å². The van der Waals surface area contributed by atoms with Crippen molar-refractivity contribution in [2.45, 2.75) is 44.8 Å². The summed E-state index contributed by atoms with van der Waals surface area (Å²) in [5.74, 6) is -0.301. The molecule has 1 aliphatic rings. The quantitative estimate of drug-likeness (QED) is 0.369. The van der Waals surface area contributed by atoms with Crippen molar-refractivity contribution in [2.24, 2.45) is 0 Å². The van der Waals surface area contributed by atoms with Crippen LogP contribution in [0, 0.1) is 10.1 Å². The summed E-state index contributed by atoms with van der Waals surface area (Å²) in [4.78, 5) is 20.7. The van der Waals surface area contributed by atoms with Crippen LogP contribution in [0.3, 0.4) is 0 Å². The molecule has 0 spiro atoms. The van der Waals surface area contributed by atoms with Crippen LogP contribution in [-0.2, 0) is 9.53 Å². The molecule has 0 aromatic heterocycles. The maximum atomic E-state index is 10.6. The van der Waals surface area contributed by atoms with E-state index in [4.69, 9.17) is 4.74 Å². The number of rotatable bonds is 2. The smallest absolute Gasteiger partial charge is 0.302 e. The number of carbonyl (C=O) groups excluding carboxylic acids is 1. The summed E-state index contributed by atoms with van der Waals surface area (Å²) in [6, 6.07) is -0.438. The molecule has 0 bridgehead atoms. The summed E-state index contributed by atoms with van der Waals surface area (Å²) in [7, 11) is 0. The van der Waals surface area contributed by atoms with E-state index in [1.165, 1.54) is 6.92 Å². The Hall–Kier alpha value is -1.13. The zero-order chi connectivity index (χ0) is 9.84. The summed E-state index contributed by atoms with van der Waals surface area (Å²) in [6.45, 7) is 1.36. The Kier molecular flexibility index (Phi) is 3.22.